The van der Waals surface area contributed by atoms with Gasteiger partial charge in [-0.2, -0.15) is 4.98 Å². The van der Waals surface area contributed by atoms with Gasteiger partial charge in [0.1, 0.15) is 6.61 Å². The van der Waals surface area contributed by atoms with Crippen LogP contribution in [0.2, 0.25) is 0 Å². The van der Waals surface area contributed by atoms with Crippen LogP contribution in [-0.4, -0.2) is 46.9 Å². The summed E-state index contributed by atoms with van der Waals surface area (Å²) in [7, 11) is 1.64. The molecule has 0 amide bonds. The van der Waals surface area contributed by atoms with Crippen LogP contribution >= 0.6 is 0 Å². The molecule has 1 saturated heterocycles. The van der Waals surface area contributed by atoms with E-state index in [2.05, 4.69) is 44.3 Å². The number of hydrogen-bond acceptors (Lipinski definition) is 7. The Balaban J connectivity index is 1.47. The minimum absolute atomic E-state index is 0.153. The average Bonchev–Trinajstić information content (AvgIpc) is 3.39. The van der Waals surface area contributed by atoms with Gasteiger partial charge in [0, 0.05) is 31.5 Å². The molecular formula is C21H24N4O3. The maximum Gasteiger partial charge on any atom is 0.244 e. The largest absolute Gasteiger partial charge is 0.475 e. The standard InChI is InChI=1S/C21H24N4O3/c1-26-12-13-27-19-14-17(9-10-22-19)20-23-21(28-24-20)18-8-5-11-25(18)15-16-6-3-2-4-7-16/h2-4,6-7,9-10,14,18H,5,8,11-13,15H2,1H3/t18-/m1/s1. The van der Waals surface area contributed by atoms with E-state index in [0.717, 1.165) is 31.5 Å². The number of benzene rings is 1. The molecule has 7 nitrogen and oxygen atoms in total. The van der Waals surface area contributed by atoms with E-state index in [-0.39, 0.29) is 6.04 Å². The first-order valence-electron chi connectivity index (χ1n) is 9.53. The lowest BCUT2D eigenvalue weighted by Crippen LogP contribution is -2.22. The summed E-state index contributed by atoms with van der Waals surface area (Å²) < 4.78 is 16.2. The average molecular weight is 380 g/mol. The third kappa shape index (κ3) is 4.37. The Hall–Kier alpha value is -2.77. The van der Waals surface area contributed by atoms with Crippen molar-refractivity contribution < 1.29 is 14.0 Å². The Bertz CT molecular complexity index is 884. The molecule has 0 spiro atoms. The highest BCUT2D eigenvalue weighted by atomic mass is 16.5. The number of hydrogen-bond donors (Lipinski definition) is 0. The zero-order valence-corrected chi connectivity index (χ0v) is 16.0. The van der Waals surface area contributed by atoms with Gasteiger partial charge in [0.25, 0.3) is 0 Å². The van der Waals surface area contributed by atoms with Crippen LogP contribution in [0.1, 0.15) is 30.3 Å². The fraction of sp³-hybridized carbons (Fsp3) is 0.381. The summed E-state index contributed by atoms with van der Waals surface area (Å²) in [6.45, 7) is 2.87. The maximum absolute atomic E-state index is 5.63. The highest BCUT2D eigenvalue weighted by Crippen LogP contribution is 2.33. The number of aromatic nitrogens is 3. The van der Waals surface area contributed by atoms with E-state index in [4.69, 9.17) is 14.0 Å². The molecule has 4 rings (SSSR count). The lowest BCUT2D eigenvalue weighted by molar-refractivity contribution is 0.144. The number of nitrogens with zero attached hydrogens (tertiary/aromatic N) is 4. The molecular weight excluding hydrogens is 356 g/mol. The summed E-state index contributed by atoms with van der Waals surface area (Å²) in [6, 6.07) is 14.3. The number of pyridine rings is 1. The SMILES string of the molecule is COCCOc1cc(-c2noc([C@H]3CCCN3Cc3ccccc3)n2)ccn1. The Morgan fingerprint density at radius 1 is 1.18 bits per heavy atom. The van der Waals surface area contributed by atoms with E-state index >= 15 is 0 Å². The molecule has 1 aromatic carbocycles. The fourth-order valence-corrected chi connectivity index (χ4v) is 3.46. The maximum atomic E-state index is 5.63. The minimum Gasteiger partial charge on any atom is -0.475 e. The lowest BCUT2D eigenvalue weighted by atomic mass is 10.2. The quantitative estimate of drug-likeness (QED) is 0.554. The first kappa shape index (κ1) is 18.6. The predicted molar refractivity (Wildman–Crippen MR) is 104 cm³/mol. The topological polar surface area (TPSA) is 73.5 Å². The monoisotopic (exact) mass is 380 g/mol. The van der Waals surface area contributed by atoms with Crippen molar-refractivity contribution in [3.05, 3.63) is 60.1 Å². The summed E-state index contributed by atoms with van der Waals surface area (Å²) >= 11 is 0. The molecule has 146 valence electrons. The van der Waals surface area contributed by atoms with Crippen LogP contribution in [0.3, 0.4) is 0 Å². The first-order chi connectivity index (χ1) is 13.8. The summed E-state index contributed by atoms with van der Waals surface area (Å²) in [5.41, 5.74) is 2.12. The van der Waals surface area contributed by atoms with Crippen LogP contribution < -0.4 is 4.74 Å². The molecule has 0 saturated carbocycles. The molecule has 0 unspecified atom stereocenters. The van der Waals surface area contributed by atoms with Gasteiger partial charge in [-0.05, 0) is 31.0 Å². The smallest absolute Gasteiger partial charge is 0.244 e. The number of methoxy groups -OCH3 is 1. The summed E-state index contributed by atoms with van der Waals surface area (Å²) in [5.74, 6) is 1.75. The van der Waals surface area contributed by atoms with Crippen LogP contribution in [0.5, 0.6) is 5.88 Å². The summed E-state index contributed by atoms with van der Waals surface area (Å²) in [4.78, 5) is 11.3. The van der Waals surface area contributed by atoms with Crippen LogP contribution in [0.15, 0.2) is 53.2 Å². The molecule has 1 aliphatic rings. The molecule has 28 heavy (non-hydrogen) atoms. The van der Waals surface area contributed by atoms with Crippen LogP contribution in [0.4, 0.5) is 0 Å². The van der Waals surface area contributed by atoms with Gasteiger partial charge in [0.05, 0.1) is 12.6 Å². The van der Waals surface area contributed by atoms with Gasteiger partial charge >= 0.3 is 0 Å². The van der Waals surface area contributed by atoms with Gasteiger partial charge in [-0.25, -0.2) is 4.98 Å². The Kier molecular flexibility index (Phi) is 5.94. The molecule has 1 fully saturated rings. The first-order valence-corrected chi connectivity index (χ1v) is 9.53. The normalized spacial score (nSPS) is 17.1. The van der Waals surface area contributed by atoms with E-state index in [1.54, 1.807) is 13.3 Å². The molecule has 7 heteroatoms. The van der Waals surface area contributed by atoms with Crippen LogP contribution in [0.25, 0.3) is 11.4 Å². The van der Waals surface area contributed by atoms with Crippen molar-refractivity contribution in [1.82, 2.24) is 20.0 Å². The highest BCUT2D eigenvalue weighted by Gasteiger charge is 2.30. The molecule has 0 radical (unpaired) electrons. The number of likely N-dealkylation sites (tertiary alicyclic amines) is 1. The van der Waals surface area contributed by atoms with Crippen molar-refractivity contribution in [2.75, 3.05) is 26.9 Å². The van der Waals surface area contributed by atoms with Gasteiger partial charge in [0.15, 0.2) is 0 Å². The molecule has 1 aliphatic heterocycles. The zero-order chi connectivity index (χ0) is 19.2. The Morgan fingerprint density at radius 2 is 2.07 bits per heavy atom. The van der Waals surface area contributed by atoms with Crippen molar-refractivity contribution in [3.63, 3.8) is 0 Å². The molecule has 0 bridgehead atoms. The van der Waals surface area contributed by atoms with Crippen molar-refractivity contribution in [3.8, 4) is 17.3 Å². The van der Waals surface area contributed by atoms with Gasteiger partial charge in [0.2, 0.25) is 17.6 Å². The number of ether oxygens (including phenoxy) is 2. The molecule has 0 aliphatic carbocycles. The molecule has 2 aromatic heterocycles. The summed E-state index contributed by atoms with van der Waals surface area (Å²) in [5, 5.41) is 4.19. The molecule has 0 N–H and O–H groups in total. The number of rotatable bonds is 8. The van der Waals surface area contributed by atoms with E-state index in [9.17, 15) is 0 Å². The summed E-state index contributed by atoms with van der Waals surface area (Å²) in [6.07, 6.45) is 3.84. The Labute approximate surface area is 164 Å². The van der Waals surface area contributed by atoms with E-state index in [0.29, 0.717) is 30.8 Å². The second kappa shape index (κ2) is 8.95. The fourth-order valence-electron chi connectivity index (χ4n) is 3.46. The molecule has 3 heterocycles. The van der Waals surface area contributed by atoms with Crippen molar-refractivity contribution in [2.24, 2.45) is 0 Å². The third-order valence-electron chi connectivity index (χ3n) is 4.85. The van der Waals surface area contributed by atoms with Crippen molar-refractivity contribution in [2.45, 2.75) is 25.4 Å². The lowest BCUT2D eigenvalue weighted by Gasteiger charge is -2.21. The minimum atomic E-state index is 0.153. The van der Waals surface area contributed by atoms with E-state index in [1.165, 1.54) is 5.56 Å². The molecule has 1 atom stereocenters. The second-order valence-electron chi connectivity index (χ2n) is 6.79. The van der Waals surface area contributed by atoms with Gasteiger partial charge in [-0.1, -0.05) is 35.5 Å². The van der Waals surface area contributed by atoms with Crippen molar-refractivity contribution >= 4 is 0 Å². The van der Waals surface area contributed by atoms with Crippen LogP contribution in [-0.2, 0) is 11.3 Å². The third-order valence-corrected chi connectivity index (χ3v) is 4.85. The highest BCUT2D eigenvalue weighted by molar-refractivity contribution is 5.55. The van der Waals surface area contributed by atoms with E-state index < -0.39 is 0 Å². The Morgan fingerprint density at radius 3 is 2.93 bits per heavy atom. The van der Waals surface area contributed by atoms with Crippen LogP contribution in [0, 0.1) is 0 Å². The molecule has 3 aromatic rings. The van der Waals surface area contributed by atoms with E-state index in [1.807, 2.05) is 18.2 Å². The van der Waals surface area contributed by atoms with Gasteiger partial charge in [-0.15, -0.1) is 0 Å². The van der Waals surface area contributed by atoms with Gasteiger partial charge < -0.3 is 14.0 Å². The van der Waals surface area contributed by atoms with Gasteiger partial charge in [-0.3, -0.25) is 4.90 Å². The predicted octanol–water partition coefficient (Wildman–Crippen LogP) is 3.49. The second-order valence-corrected chi connectivity index (χ2v) is 6.79. The van der Waals surface area contributed by atoms with Crippen molar-refractivity contribution in [1.29, 1.82) is 0 Å². The zero-order valence-electron chi connectivity index (χ0n) is 16.0.